The van der Waals surface area contributed by atoms with Gasteiger partial charge in [0.2, 0.25) is 0 Å². The summed E-state index contributed by atoms with van der Waals surface area (Å²) < 4.78 is 57.6. The van der Waals surface area contributed by atoms with E-state index in [0.29, 0.717) is 79.3 Å². The fourth-order valence-corrected chi connectivity index (χ4v) is 10.6. The summed E-state index contributed by atoms with van der Waals surface area (Å²) in [6, 6.07) is 53.9. The fraction of sp³-hybridized carbons (Fsp3) is 0.250. The summed E-state index contributed by atoms with van der Waals surface area (Å²) in [7, 11) is 0. The van der Waals surface area contributed by atoms with Gasteiger partial charge in [-0.2, -0.15) is 0 Å². The summed E-state index contributed by atoms with van der Waals surface area (Å²) in [4.78, 5) is 0. The number of rotatable bonds is 27. The van der Waals surface area contributed by atoms with Gasteiger partial charge >= 0.3 is 329 Å². The van der Waals surface area contributed by atoms with Crippen LogP contribution in [0.1, 0.15) is 0 Å². The van der Waals surface area contributed by atoms with Crippen molar-refractivity contribution in [2.24, 2.45) is 0 Å². The van der Waals surface area contributed by atoms with Gasteiger partial charge in [0.15, 0.2) is 0 Å². The van der Waals surface area contributed by atoms with Crippen LogP contribution in [0.4, 0.5) is 0 Å². The standard InChI is InChI=1S/C48H51O9Se/c1-4-16-40(17-5-1)52-34-28-49-31-37-55-43-22-10-13-25-46(43)58(47-26-14-11-23-44(47)56-38-32-50-29-35-53-41-18-6-2-7-19-41)48-27-15-12-24-45(48)57-39-33-51-30-36-54-42-20-8-3-9-21-42/h1-27H,28-39H2/q+1. The topological polar surface area (TPSA) is 83.1 Å². The summed E-state index contributed by atoms with van der Waals surface area (Å²) in [6.07, 6.45) is 0. The van der Waals surface area contributed by atoms with E-state index >= 15 is 0 Å². The first kappa shape index (κ1) is 42.1. The molecule has 0 spiro atoms. The Morgan fingerprint density at radius 1 is 0.241 bits per heavy atom. The molecule has 302 valence electrons. The summed E-state index contributed by atoms with van der Waals surface area (Å²) in [5, 5.41) is 0. The second kappa shape index (κ2) is 25.0. The molecule has 0 fully saturated rings. The van der Waals surface area contributed by atoms with E-state index in [4.69, 9.17) is 42.6 Å². The van der Waals surface area contributed by atoms with Gasteiger partial charge in [-0.3, -0.25) is 0 Å². The van der Waals surface area contributed by atoms with Crippen molar-refractivity contribution in [3.63, 3.8) is 0 Å². The second-order valence-corrected chi connectivity index (χ2v) is 16.6. The summed E-state index contributed by atoms with van der Waals surface area (Å²) >= 11 is -2.10. The zero-order valence-corrected chi connectivity index (χ0v) is 34.4. The number of benzene rings is 6. The van der Waals surface area contributed by atoms with E-state index in [1.54, 1.807) is 0 Å². The first-order valence-electron chi connectivity index (χ1n) is 19.5. The van der Waals surface area contributed by atoms with Crippen LogP contribution in [-0.2, 0) is 14.2 Å². The predicted octanol–water partition coefficient (Wildman–Crippen LogP) is 6.63. The molecular formula is C48H51O9Se+. The van der Waals surface area contributed by atoms with Crippen LogP contribution in [0.25, 0.3) is 0 Å². The van der Waals surface area contributed by atoms with E-state index in [-0.39, 0.29) is 0 Å². The number of ether oxygens (including phenoxy) is 9. The van der Waals surface area contributed by atoms with Gasteiger partial charge in [-0.15, -0.1) is 0 Å². The van der Waals surface area contributed by atoms with Crippen LogP contribution in [0.15, 0.2) is 164 Å². The average molecular weight is 851 g/mol. The molecule has 0 amide bonds. The van der Waals surface area contributed by atoms with E-state index in [0.717, 1.165) is 47.9 Å². The maximum absolute atomic E-state index is 6.46. The minimum absolute atomic E-state index is 0.383. The Balaban J connectivity index is 1.11. The number of hydrogen-bond donors (Lipinski definition) is 0. The molecule has 0 saturated carbocycles. The van der Waals surface area contributed by atoms with Crippen LogP contribution in [-0.4, -0.2) is 93.2 Å². The van der Waals surface area contributed by atoms with Crippen LogP contribution >= 0.6 is 0 Å². The van der Waals surface area contributed by atoms with Crippen molar-refractivity contribution in [1.29, 1.82) is 0 Å². The van der Waals surface area contributed by atoms with Gasteiger partial charge in [-0.1, -0.05) is 18.2 Å². The Morgan fingerprint density at radius 3 is 0.776 bits per heavy atom. The van der Waals surface area contributed by atoms with E-state index in [1.165, 1.54) is 0 Å². The molecule has 0 aliphatic heterocycles. The molecule has 0 aromatic heterocycles. The van der Waals surface area contributed by atoms with Gasteiger partial charge in [0, 0.05) is 0 Å². The van der Waals surface area contributed by atoms with Crippen LogP contribution in [0.2, 0.25) is 0 Å². The molecule has 0 bridgehead atoms. The third-order valence-corrected chi connectivity index (χ3v) is 13.3. The first-order chi connectivity index (χ1) is 28.8. The molecule has 0 unspecified atom stereocenters. The van der Waals surface area contributed by atoms with Gasteiger partial charge in [0.05, 0.1) is 0 Å². The molecule has 9 nitrogen and oxygen atoms in total. The average Bonchev–Trinajstić information content (AvgIpc) is 3.28. The van der Waals surface area contributed by atoms with Crippen molar-refractivity contribution in [2.45, 2.75) is 0 Å². The van der Waals surface area contributed by atoms with Gasteiger partial charge in [0.1, 0.15) is 0 Å². The minimum atomic E-state index is -2.10. The zero-order chi connectivity index (χ0) is 39.7. The summed E-state index contributed by atoms with van der Waals surface area (Å²) in [5.41, 5.74) is 0. The monoisotopic (exact) mass is 851 g/mol. The molecule has 6 aromatic carbocycles. The van der Waals surface area contributed by atoms with Gasteiger partial charge < -0.3 is 0 Å². The number of hydrogen-bond acceptors (Lipinski definition) is 9. The number of para-hydroxylation sites is 6. The van der Waals surface area contributed by atoms with E-state index < -0.39 is 13.9 Å². The fourth-order valence-electron chi connectivity index (χ4n) is 5.71. The SMILES string of the molecule is c1ccc(OCCOCCOc2ccccc2[Se+](c2ccccc2OCCOCCOc2ccccc2)c2ccccc2OCCOCCOc2ccccc2)cc1. The molecule has 10 heteroatoms. The van der Waals surface area contributed by atoms with E-state index in [2.05, 4.69) is 36.4 Å². The first-order valence-corrected chi connectivity index (χ1v) is 22.1. The Morgan fingerprint density at radius 2 is 0.483 bits per heavy atom. The molecular weight excluding hydrogens is 799 g/mol. The Labute approximate surface area is 346 Å². The molecule has 0 atom stereocenters. The molecule has 0 aliphatic rings. The van der Waals surface area contributed by atoms with Crippen molar-refractivity contribution in [1.82, 2.24) is 0 Å². The molecule has 6 aromatic rings. The van der Waals surface area contributed by atoms with Gasteiger partial charge in [-0.05, 0) is 0 Å². The second-order valence-electron chi connectivity index (χ2n) is 12.5. The third-order valence-electron chi connectivity index (χ3n) is 8.38. The van der Waals surface area contributed by atoms with E-state index in [1.807, 2.05) is 127 Å². The Hall–Kier alpha value is -5.48. The Kier molecular flexibility index (Phi) is 18.2. The quantitative estimate of drug-likeness (QED) is 0.0420. The van der Waals surface area contributed by atoms with Crippen molar-refractivity contribution in [2.75, 3.05) is 79.3 Å². The molecule has 6 rings (SSSR count). The summed E-state index contributed by atoms with van der Waals surface area (Å²) in [5.74, 6) is 4.85. The van der Waals surface area contributed by atoms with Gasteiger partial charge in [0.25, 0.3) is 0 Å². The third kappa shape index (κ3) is 14.2. The van der Waals surface area contributed by atoms with Crippen LogP contribution in [0.5, 0.6) is 34.5 Å². The zero-order valence-electron chi connectivity index (χ0n) is 32.7. The van der Waals surface area contributed by atoms with Crippen molar-refractivity contribution in [3.8, 4) is 34.5 Å². The summed E-state index contributed by atoms with van der Waals surface area (Å²) in [6.45, 7) is 5.16. The molecule has 0 saturated heterocycles. The van der Waals surface area contributed by atoms with Crippen molar-refractivity contribution < 1.29 is 42.6 Å². The molecule has 0 radical (unpaired) electrons. The van der Waals surface area contributed by atoms with Crippen LogP contribution in [0.3, 0.4) is 0 Å². The van der Waals surface area contributed by atoms with Crippen molar-refractivity contribution in [3.05, 3.63) is 164 Å². The van der Waals surface area contributed by atoms with Crippen LogP contribution in [0, 0.1) is 0 Å². The predicted molar refractivity (Wildman–Crippen MR) is 229 cm³/mol. The van der Waals surface area contributed by atoms with Gasteiger partial charge in [-0.25, -0.2) is 0 Å². The van der Waals surface area contributed by atoms with E-state index in [9.17, 15) is 0 Å². The molecule has 0 aliphatic carbocycles. The van der Waals surface area contributed by atoms with Crippen LogP contribution < -0.4 is 41.8 Å². The Bertz CT molecular complexity index is 1770. The molecule has 58 heavy (non-hydrogen) atoms. The molecule has 0 N–H and O–H groups in total. The maximum atomic E-state index is 6.46. The normalized spacial score (nSPS) is 10.9. The molecule has 0 heterocycles. The van der Waals surface area contributed by atoms with Crippen molar-refractivity contribution >= 4 is 27.3 Å².